The number of hydrogen-bond donors (Lipinski definition) is 1. The molecule has 3 nitrogen and oxygen atoms in total. The first-order chi connectivity index (χ1) is 6.24. The molecule has 1 aromatic carbocycles. The van der Waals surface area contributed by atoms with Gasteiger partial charge in [-0.05, 0) is 12.0 Å². The van der Waals surface area contributed by atoms with Gasteiger partial charge in [0.2, 0.25) is 6.29 Å². The summed E-state index contributed by atoms with van der Waals surface area (Å²) in [6.07, 6.45) is 2.19. The van der Waals surface area contributed by atoms with Gasteiger partial charge in [-0.1, -0.05) is 24.3 Å². The zero-order valence-corrected chi connectivity index (χ0v) is 6.99. The molecule has 67 valence electrons. The number of aliphatic carboxylic acids is 1. The van der Waals surface area contributed by atoms with Gasteiger partial charge in [0.15, 0.2) is 0 Å². The minimum absolute atomic E-state index is 0.0404. The summed E-state index contributed by atoms with van der Waals surface area (Å²) in [4.78, 5) is 20.7. The lowest BCUT2D eigenvalue weighted by atomic mass is 10.0. The van der Waals surface area contributed by atoms with Crippen molar-refractivity contribution in [1.82, 2.24) is 0 Å². The Morgan fingerprint density at radius 1 is 1.38 bits per heavy atom. The van der Waals surface area contributed by atoms with E-state index in [0.717, 1.165) is 5.56 Å². The van der Waals surface area contributed by atoms with Gasteiger partial charge >= 0.3 is 5.97 Å². The van der Waals surface area contributed by atoms with Crippen molar-refractivity contribution < 1.29 is 14.7 Å². The van der Waals surface area contributed by atoms with E-state index in [-0.39, 0.29) is 6.42 Å². The van der Waals surface area contributed by atoms with Crippen molar-refractivity contribution in [2.75, 3.05) is 0 Å². The van der Waals surface area contributed by atoms with Gasteiger partial charge in [-0.15, -0.1) is 0 Å². The summed E-state index contributed by atoms with van der Waals surface area (Å²) in [6.45, 7) is 0. The molecule has 1 aromatic rings. The first-order valence-corrected chi connectivity index (χ1v) is 3.92. The van der Waals surface area contributed by atoms with Gasteiger partial charge in [0.1, 0.15) is 0 Å². The highest BCUT2D eigenvalue weighted by Gasteiger charge is 2.03. The fraction of sp³-hybridized carbons (Fsp3) is 0.200. The molecule has 13 heavy (non-hydrogen) atoms. The Labute approximate surface area is 76.0 Å². The van der Waals surface area contributed by atoms with Crippen molar-refractivity contribution in [3.63, 3.8) is 0 Å². The molecule has 0 fully saturated rings. The minimum Gasteiger partial charge on any atom is -0.481 e. The van der Waals surface area contributed by atoms with Crippen LogP contribution in [0.5, 0.6) is 0 Å². The number of carbonyl (C=O) groups excluding carboxylic acids is 1. The van der Waals surface area contributed by atoms with E-state index in [0.29, 0.717) is 12.0 Å². The lowest BCUT2D eigenvalue weighted by Gasteiger charge is -2.00. The molecule has 0 saturated carbocycles. The van der Waals surface area contributed by atoms with Crippen molar-refractivity contribution in [2.45, 2.75) is 12.8 Å². The zero-order chi connectivity index (χ0) is 9.68. The Balaban J connectivity index is 2.75. The second-order valence-electron chi connectivity index (χ2n) is 2.65. The summed E-state index contributed by atoms with van der Waals surface area (Å²) < 4.78 is 0. The molecule has 1 radical (unpaired) electrons. The van der Waals surface area contributed by atoms with Crippen LogP contribution < -0.4 is 0 Å². The normalized spacial score (nSPS) is 9.54. The highest BCUT2D eigenvalue weighted by molar-refractivity contribution is 5.78. The molecule has 0 aliphatic carbocycles. The fourth-order valence-electron chi connectivity index (χ4n) is 1.08. The van der Waals surface area contributed by atoms with E-state index in [1.807, 2.05) is 0 Å². The largest absolute Gasteiger partial charge is 0.481 e. The lowest BCUT2D eigenvalue weighted by molar-refractivity contribution is -0.136. The van der Waals surface area contributed by atoms with Crippen LogP contribution in [0.25, 0.3) is 0 Å². The molecular weight excluding hydrogens is 168 g/mol. The predicted molar refractivity (Wildman–Crippen MR) is 47.2 cm³/mol. The van der Waals surface area contributed by atoms with E-state index >= 15 is 0 Å². The minimum atomic E-state index is -0.860. The zero-order valence-electron chi connectivity index (χ0n) is 6.99. The maximum absolute atomic E-state index is 10.4. The van der Waals surface area contributed by atoms with Gasteiger partial charge in [0.25, 0.3) is 0 Å². The molecule has 0 aliphatic heterocycles. The molecule has 0 saturated heterocycles. The highest BCUT2D eigenvalue weighted by atomic mass is 16.4. The maximum atomic E-state index is 10.4. The van der Waals surface area contributed by atoms with Gasteiger partial charge in [0, 0.05) is 12.0 Å². The van der Waals surface area contributed by atoms with Gasteiger partial charge in [-0.2, -0.15) is 0 Å². The third kappa shape index (κ3) is 2.71. The summed E-state index contributed by atoms with van der Waals surface area (Å²) in [7, 11) is 0. The van der Waals surface area contributed by atoms with Crippen molar-refractivity contribution in [1.29, 1.82) is 0 Å². The van der Waals surface area contributed by atoms with E-state index < -0.39 is 5.97 Å². The van der Waals surface area contributed by atoms with Crippen LogP contribution in [0.3, 0.4) is 0 Å². The highest BCUT2D eigenvalue weighted by Crippen LogP contribution is 2.08. The van der Waals surface area contributed by atoms with Crippen LogP contribution in [0.15, 0.2) is 24.3 Å². The van der Waals surface area contributed by atoms with Crippen molar-refractivity contribution in [3.8, 4) is 0 Å². The average Bonchev–Trinajstić information content (AvgIpc) is 2.15. The van der Waals surface area contributed by atoms with E-state index in [4.69, 9.17) is 5.11 Å². The molecule has 3 heteroatoms. The van der Waals surface area contributed by atoms with Gasteiger partial charge in [-0.25, -0.2) is 0 Å². The van der Waals surface area contributed by atoms with Crippen molar-refractivity contribution in [2.24, 2.45) is 0 Å². The molecule has 0 aliphatic rings. The summed E-state index contributed by atoms with van der Waals surface area (Å²) >= 11 is 0. The number of hydrogen-bond acceptors (Lipinski definition) is 2. The van der Waals surface area contributed by atoms with Gasteiger partial charge in [-0.3, -0.25) is 9.59 Å². The number of carboxylic acids is 1. The average molecular weight is 177 g/mol. The Hall–Kier alpha value is -1.64. The fourth-order valence-corrected chi connectivity index (χ4v) is 1.08. The van der Waals surface area contributed by atoms with Crippen LogP contribution in [0.1, 0.15) is 17.5 Å². The van der Waals surface area contributed by atoms with Gasteiger partial charge in [0.05, 0.1) is 0 Å². The van der Waals surface area contributed by atoms with Crippen LogP contribution in [0, 0.1) is 0 Å². The van der Waals surface area contributed by atoms with Crippen LogP contribution in [0.4, 0.5) is 0 Å². The van der Waals surface area contributed by atoms with Crippen molar-refractivity contribution in [3.05, 3.63) is 35.4 Å². The first kappa shape index (κ1) is 9.45. The van der Waals surface area contributed by atoms with Crippen molar-refractivity contribution >= 4 is 12.3 Å². The Morgan fingerprint density at radius 3 is 2.69 bits per heavy atom. The van der Waals surface area contributed by atoms with Crippen LogP contribution >= 0.6 is 0 Å². The first-order valence-electron chi connectivity index (χ1n) is 3.92. The quantitative estimate of drug-likeness (QED) is 0.750. The van der Waals surface area contributed by atoms with Gasteiger partial charge < -0.3 is 5.11 Å². The standard InChI is InChI=1S/C10H9O3/c11-7-9-4-2-1-3-8(9)5-6-10(12)13/h1-4H,5-6H2,(H,12,13). The number of carbonyl (C=O) groups is 1. The second-order valence-corrected chi connectivity index (χ2v) is 2.65. The summed E-state index contributed by atoms with van der Waals surface area (Å²) in [5.41, 5.74) is 1.18. The number of rotatable bonds is 4. The summed E-state index contributed by atoms with van der Waals surface area (Å²) in [5.74, 6) is -0.860. The number of carboxylic acid groups (broad SMARTS) is 1. The third-order valence-corrected chi connectivity index (χ3v) is 1.74. The van der Waals surface area contributed by atoms with Crippen LogP contribution in [0.2, 0.25) is 0 Å². The Kier molecular flexibility index (Phi) is 3.20. The molecule has 1 rings (SSSR count). The predicted octanol–water partition coefficient (Wildman–Crippen LogP) is 1.16. The van der Waals surface area contributed by atoms with E-state index in [9.17, 15) is 9.59 Å². The topological polar surface area (TPSA) is 54.4 Å². The molecule has 0 unspecified atom stereocenters. The lowest BCUT2D eigenvalue weighted by Crippen LogP contribution is -1.99. The maximum Gasteiger partial charge on any atom is 0.303 e. The Morgan fingerprint density at radius 2 is 2.08 bits per heavy atom. The molecule has 0 heterocycles. The van der Waals surface area contributed by atoms with E-state index in [1.54, 1.807) is 30.6 Å². The summed E-state index contributed by atoms with van der Waals surface area (Å²) in [6, 6.07) is 6.87. The third-order valence-electron chi connectivity index (χ3n) is 1.74. The van der Waals surface area contributed by atoms with Crippen LogP contribution in [-0.4, -0.2) is 17.4 Å². The molecule has 0 spiro atoms. The molecule has 0 atom stereocenters. The SMILES string of the molecule is O=[C]c1ccccc1CCC(=O)O. The number of aryl methyl sites for hydroxylation is 1. The molecule has 0 aromatic heterocycles. The second kappa shape index (κ2) is 4.40. The van der Waals surface area contributed by atoms with E-state index in [2.05, 4.69) is 0 Å². The molecule has 0 bridgehead atoms. The summed E-state index contributed by atoms with van der Waals surface area (Å²) in [5, 5.41) is 8.44. The molecule has 0 amide bonds. The Bertz CT molecular complexity index is 318. The smallest absolute Gasteiger partial charge is 0.303 e. The molecular formula is C10H9O3. The van der Waals surface area contributed by atoms with E-state index in [1.165, 1.54) is 0 Å². The number of benzene rings is 1. The molecule has 1 N–H and O–H groups in total. The monoisotopic (exact) mass is 177 g/mol. The van der Waals surface area contributed by atoms with Crippen LogP contribution in [-0.2, 0) is 16.0 Å².